The minimum atomic E-state index is -0.377. The Morgan fingerprint density at radius 2 is 2.29 bits per heavy atom. The molecule has 1 fully saturated rings. The first kappa shape index (κ1) is 12.0. The van der Waals surface area contributed by atoms with E-state index in [1.54, 1.807) is 12.1 Å². The summed E-state index contributed by atoms with van der Waals surface area (Å²) in [5, 5.41) is 9.63. The van der Waals surface area contributed by atoms with Gasteiger partial charge in [0.05, 0.1) is 11.8 Å². The summed E-state index contributed by atoms with van der Waals surface area (Å²) in [5.41, 5.74) is 0.852. The van der Waals surface area contributed by atoms with Gasteiger partial charge in [-0.1, -0.05) is 6.92 Å². The van der Waals surface area contributed by atoms with Gasteiger partial charge < -0.3 is 10.0 Å². The molecular formula is C13H16FNO2. The van der Waals surface area contributed by atoms with Crippen molar-refractivity contribution in [3.05, 3.63) is 29.6 Å². The Balaban J connectivity index is 2.20. The van der Waals surface area contributed by atoms with Crippen LogP contribution in [0.15, 0.2) is 18.2 Å². The van der Waals surface area contributed by atoms with E-state index in [0.29, 0.717) is 37.0 Å². The molecule has 0 bridgehead atoms. The van der Waals surface area contributed by atoms with Gasteiger partial charge in [-0.2, -0.15) is 0 Å². The smallest absolute Gasteiger partial charge is 0.150 e. The van der Waals surface area contributed by atoms with Crippen LogP contribution in [0.1, 0.15) is 23.7 Å². The van der Waals surface area contributed by atoms with E-state index < -0.39 is 0 Å². The van der Waals surface area contributed by atoms with Crippen molar-refractivity contribution in [2.24, 2.45) is 5.92 Å². The van der Waals surface area contributed by atoms with Crippen molar-refractivity contribution in [2.45, 2.75) is 19.4 Å². The number of hydrogen-bond acceptors (Lipinski definition) is 3. The summed E-state index contributed by atoms with van der Waals surface area (Å²) >= 11 is 0. The largest absolute Gasteiger partial charge is 0.393 e. The van der Waals surface area contributed by atoms with Crippen molar-refractivity contribution >= 4 is 12.0 Å². The Bertz CT molecular complexity index is 422. The number of aliphatic hydroxyl groups is 1. The summed E-state index contributed by atoms with van der Waals surface area (Å²) in [6.07, 6.45) is 0.981. The molecule has 4 heteroatoms. The Hall–Kier alpha value is -1.42. The SMILES string of the molecule is CC1CN(c2ccc(C=O)cc2F)CCC1O. The molecule has 3 nitrogen and oxygen atoms in total. The number of hydrogen-bond donors (Lipinski definition) is 1. The molecule has 1 aliphatic rings. The van der Waals surface area contributed by atoms with Crippen LogP contribution in [0.3, 0.4) is 0 Å². The fourth-order valence-electron chi connectivity index (χ4n) is 2.20. The number of carbonyl (C=O) groups is 1. The van der Waals surface area contributed by atoms with Gasteiger partial charge >= 0.3 is 0 Å². The number of aliphatic hydroxyl groups excluding tert-OH is 1. The molecule has 0 aliphatic carbocycles. The highest BCUT2D eigenvalue weighted by atomic mass is 19.1. The molecule has 1 N–H and O–H groups in total. The summed E-state index contributed by atoms with van der Waals surface area (Å²) in [6, 6.07) is 4.49. The highest BCUT2D eigenvalue weighted by Crippen LogP contribution is 2.26. The highest BCUT2D eigenvalue weighted by molar-refractivity contribution is 5.76. The monoisotopic (exact) mass is 237 g/mol. The van der Waals surface area contributed by atoms with E-state index in [9.17, 15) is 14.3 Å². The van der Waals surface area contributed by atoms with Gasteiger partial charge in [0.25, 0.3) is 0 Å². The highest BCUT2D eigenvalue weighted by Gasteiger charge is 2.25. The number of benzene rings is 1. The zero-order valence-electron chi connectivity index (χ0n) is 9.77. The standard InChI is InChI=1S/C13H16FNO2/c1-9-7-15(5-4-13(9)17)12-3-2-10(8-16)6-11(12)14/h2-3,6,8-9,13,17H,4-5,7H2,1H3. The molecule has 0 radical (unpaired) electrons. The minimum absolute atomic E-state index is 0.133. The van der Waals surface area contributed by atoms with Gasteiger partial charge in [0.2, 0.25) is 0 Å². The lowest BCUT2D eigenvalue weighted by Gasteiger charge is -2.36. The van der Waals surface area contributed by atoms with E-state index in [0.717, 1.165) is 0 Å². The fourth-order valence-corrected chi connectivity index (χ4v) is 2.20. The second kappa shape index (κ2) is 4.84. The lowest BCUT2D eigenvalue weighted by atomic mass is 9.96. The number of halogens is 1. The van der Waals surface area contributed by atoms with Gasteiger partial charge in [0.1, 0.15) is 12.1 Å². The molecule has 2 unspecified atom stereocenters. The van der Waals surface area contributed by atoms with Crippen molar-refractivity contribution in [2.75, 3.05) is 18.0 Å². The maximum absolute atomic E-state index is 13.8. The molecule has 1 heterocycles. The second-order valence-electron chi connectivity index (χ2n) is 4.61. The maximum Gasteiger partial charge on any atom is 0.150 e. The number of carbonyl (C=O) groups excluding carboxylic acids is 1. The normalized spacial score (nSPS) is 24.8. The average molecular weight is 237 g/mol. The zero-order chi connectivity index (χ0) is 12.4. The molecule has 0 spiro atoms. The Morgan fingerprint density at radius 1 is 1.53 bits per heavy atom. The molecule has 2 rings (SSSR count). The van der Waals surface area contributed by atoms with Crippen LogP contribution in [-0.2, 0) is 0 Å². The van der Waals surface area contributed by atoms with Crippen LogP contribution in [0.4, 0.5) is 10.1 Å². The van der Waals surface area contributed by atoms with Gasteiger partial charge in [0.15, 0.2) is 0 Å². The molecule has 0 aromatic heterocycles. The van der Waals surface area contributed by atoms with Crippen LogP contribution < -0.4 is 4.90 Å². The summed E-state index contributed by atoms with van der Waals surface area (Å²) in [6.45, 7) is 3.23. The predicted octanol–water partition coefficient (Wildman–Crippen LogP) is 1.85. The lowest BCUT2D eigenvalue weighted by molar-refractivity contribution is 0.0969. The fraction of sp³-hybridized carbons (Fsp3) is 0.462. The van der Waals surface area contributed by atoms with E-state index in [2.05, 4.69) is 0 Å². The van der Waals surface area contributed by atoms with Crippen molar-refractivity contribution in [1.29, 1.82) is 0 Å². The van der Waals surface area contributed by atoms with Gasteiger partial charge in [-0.25, -0.2) is 4.39 Å². The van der Waals surface area contributed by atoms with Crippen LogP contribution in [0.5, 0.6) is 0 Å². The van der Waals surface area contributed by atoms with Gasteiger partial charge in [0, 0.05) is 18.7 Å². The van der Waals surface area contributed by atoms with Crippen LogP contribution in [0.2, 0.25) is 0 Å². The molecule has 1 aromatic rings. The van der Waals surface area contributed by atoms with Gasteiger partial charge in [-0.3, -0.25) is 4.79 Å². The van der Waals surface area contributed by atoms with E-state index in [4.69, 9.17) is 0 Å². The van der Waals surface area contributed by atoms with Crippen LogP contribution >= 0.6 is 0 Å². The maximum atomic E-state index is 13.8. The number of piperidine rings is 1. The number of aldehydes is 1. The quantitative estimate of drug-likeness (QED) is 0.798. The van der Waals surface area contributed by atoms with Crippen molar-refractivity contribution in [3.8, 4) is 0 Å². The molecule has 1 saturated heterocycles. The first-order valence-electron chi connectivity index (χ1n) is 5.79. The summed E-state index contributed by atoms with van der Waals surface area (Å²) < 4.78 is 13.8. The van der Waals surface area contributed by atoms with Crippen molar-refractivity contribution in [1.82, 2.24) is 0 Å². The molecular weight excluding hydrogens is 221 g/mol. The first-order valence-corrected chi connectivity index (χ1v) is 5.79. The Morgan fingerprint density at radius 3 is 2.88 bits per heavy atom. The van der Waals surface area contributed by atoms with Crippen molar-refractivity contribution < 1.29 is 14.3 Å². The number of rotatable bonds is 2. The van der Waals surface area contributed by atoms with Crippen LogP contribution in [0, 0.1) is 11.7 Å². The Labute approximate surface area is 99.9 Å². The third-order valence-corrected chi connectivity index (χ3v) is 3.31. The third-order valence-electron chi connectivity index (χ3n) is 3.31. The van der Waals surface area contributed by atoms with Gasteiger partial charge in [-0.05, 0) is 30.5 Å². The Kier molecular flexibility index (Phi) is 3.43. The predicted molar refractivity (Wildman–Crippen MR) is 63.8 cm³/mol. The van der Waals surface area contributed by atoms with Crippen LogP contribution in [-0.4, -0.2) is 30.6 Å². The minimum Gasteiger partial charge on any atom is -0.393 e. The summed E-state index contributed by atoms with van der Waals surface area (Å²) in [5.74, 6) is -0.243. The molecule has 1 aliphatic heterocycles. The molecule has 1 aromatic carbocycles. The van der Waals surface area contributed by atoms with E-state index in [1.807, 2.05) is 11.8 Å². The average Bonchev–Trinajstić information content (AvgIpc) is 2.32. The topological polar surface area (TPSA) is 40.5 Å². The second-order valence-corrected chi connectivity index (χ2v) is 4.61. The van der Waals surface area contributed by atoms with Crippen molar-refractivity contribution in [3.63, 3.8) is 0 Å². The molecule has 0 amide bonds. The summed E-state index contributed by atoms with van der Waals surface area (Å²) in [7, 11) is 0. The number of nitrogens with zero attached hydrogens (tertiary/aromatic N) is 1. The summed E-state index contributed by atoms with van der Waals surface area (Å²) in [4.78, 5) is 12.4. The third kappa shape index (κ3) is 2.47. The molecule has 17 heavy (non-hydrogen) atoms. The van der Waals surface area contributed by atoms with E-state index in [-0.39, 0.29) is 17.8 Å². The van der Waals surface area contributed by atoms with Gasteiger partial charge in [-0.15, -0.1) is 0 Å². The first-order chi connectivity index (χ1) is 8.11. The molecule has 92 valence electrons. The molecule has 2 atom stereocenters. The molecule has 0 saturated carbocycles. The van der Waals surface area contributed by atoms with E-state index >= 15 is 0 Å². The van der Waals surface area contributed by atoms with Crippen LogP contribution in [0.25, 0.3) is 0 Å². The zero-order valence-corrected chi connectivity index (χ0v) is 9.77. The lowest BCUT2D eigenvalue weighted by Crippen LogP contribution is -2.42. The van der Waals surface area contributed by atoms with E-state index in [1.165, 1.54) is 6.07 Å². The number of anilines is 1.